The van der Waals surface area contributed by atoms with Gasteiger partial charge in [0.15, 0.2) is 11.5 Å². The summed E-state index contributed by atoms with van der Waals surface area (Å²) in [7, 11) is 1.76. The minimum atomic E-state index is -0.855. The Labute approximate surface area is 106 Å². The van der Waals surface area contributed by atoms with Crippen LogP contribution in [0.3, 0.4) is 0 Å². The Morgan fingerprint density at radius 3 is 2.44 bits per heavy atom. The highest BCUT2D eigenvalue weighted by Gasteiger charge is 2.21. The largest absolute Gasteiger partial charge is 0.486 e. The summed E-state index contributed by atoms with van der Waals surface area (Å²) in [6.07, 6.45) is 0. The Balaban J connectivity index is 2.36. The number of carbonyl (C=O) groups is 1. The van der Waals surface area contributed by atoms with Gasteiger partial charge < -0.3 is 19.5 Å². The molecular formula is C13H17NO4. The van der Waals surface area contributed by atoms with Crippen molar-refractivity contribution in [2.24, 2.45) is 0 Å². The van der Waals surface area contributed by atoms with E-state index in [2.05, 4.69) is 0 Å². The summed E-state index contributed by atoms with van der Waals surface area (Å²) >= 11 is 0. The lowest BCUT2D eigenvalue weighted by atomic mass is 10.1. The standard InChI is InChI=1S/C13H17NO4/c1-8-6-11-12(18-5-4-17-11)7-10(8)14(3)9(2)13(15)16/h6-7,9H,4-5H2,1-3H3,(H,15,16). The normalized spacial score (nSPS) is 15.1. The number of benzene rings is 1. The topological polar surface area (TPSA) is 59.0 Å². The van der Waals surface area contributed by atoms with E-state index in [4.69, 9.17) is 14.6 Å². The van der Waals surface area contributed by atoms with Crippen molar-refractivity contribution >= 4 is 11.7 Å². The number of likely N-dealkylation sites (N-methyl/N-ethyl adjacent to an activating group) is 1. The molecule has 0 amide bonds. The molecule has 1 aromatic carbocycles. The molecule has 0 radical (unpaired) electrons. The Bertz CT molecular complexity index is 472. The van der Waals surface area contributed by atoms with Crippen LogP contribution >= 0.6 is 0 Å². The molecule has 1 heterocycles. The van der Waals surface area contributed by atoms with E-state index in [1.807, 2.05) is 19.1 Å². The van der Waals surface area contributed by atoms with E-state index in [-0.39, 0.29) is 0 Å². The summed E-state index contributed by atoms with van der Waals surface area (Å²) in [5.74, 6) is 0.539. The number of aryl methyl sites for hydroxylation is 1. The Kier molecular flexibility index (Phi) is 3.32. The van der Waals surface area contributed by atoms with Crippen molar-refractivity contribution in [1.82, 2.24) is 0 Å². The average Bonchev–Trinajstić information content (AvgIpc) is 2.36. The molecule has 0 spiro atoms. The third-order valence-corrected chi connectivity index (χ3v) is 3.18. The molecule has 1 N–H and O–H groups in total. The molecule has 0 saturated heterocycles. The van der Waals surface area contributed by atoms with Crippen molar-refractivity contribution in [1.29, 1.82) is 0 Å². The van der Waals surface area contributed by atoms with E-state index in [1.165, 1.54) is 0 Å². The number of nitrogens with zero attached hydrogens (tertiary/aromatic N) is 1. The number of anilines is 1. The van der Waals surface area contributed by atoms with Crippen LogP contribution in [0.5, 0.6) is 11.5 Å². The third-order valence-electron chi connectivity index (χ3n) is 3.18. The quantitative estimate of drug-likeness (QED) is 0.885. The number of fused-ring (bicyclic) bond motifs is 1. The highest BCUT2D eigenvalue weighted by atomic mass is 16.6. The lowest BCUT2D eigenvalue weighted by Gasteiger charge is -2.28. The molecule has 0 fully saturated rings. The average molecular weight is 251 g/mol. The first-order valence-corrected chi connectivity index (χ1v) is 5.86. The van der Waals surface area contributed by atoms with Crippen LogP contribution in [0, 0.1) is 6.92 Å². The summed E-state index contributed by atoms with van der Waals surface area (Å²) in [6, 6.07) is 3.13. The van der Waals surface area contributed by atoms with E-state index < -0.39 is 12.0 Å². The van der Waals surface area contributed by atoms with Crippen molar-refractivity contribution < 1.29 is 19.4 Å². The number of hydrogen-bond donors (Lipinski definition) is 1. The van der Waals surface area contributed by atoms with Crippen LogP contribution < -0.4 is 14.4 Å². The molecule has 1 aliphatic rings. The molecule has 5 nitrogen and oxygen atoms in total. The van der Waals surface area contributed by atoms with Gasteiger partial charge in [0.25, 0.3) is 0 Å². The smallest absolute Gasteiger partial charge is 0.326 e. The van der Waals surface area contributed by atoms with Gasteiger partial charge in [0, 0.05) is 18.8 Å². The van der Waals surface area contributed by atoms with Gasteiger partial charge in [-0.05, 0) is 25.5 Å². The number of hydrogen-bond acceptors (Lipinski definition) is 4. The first-order chi connectivity index (χ1) is 8.50. The number of aliphatic carboxylic acids is 1. The van der Waals surface area contributed by atoms with Crippen LogP contribution in [-0.4, -0.2) is 37.4 Å². The Morgan fingerprint density at radius 1 is 1.33 bits per heavy atom. The Hall–Kier alpha value is -1.91. The van der Waals surface area contributed by atoms with E-state index >= 15 is 0 Å². The molecule has 0 aliphatic carbocycles. The van der Waals surface area contributed by atoms with Crippen LogP contribution in [-0.2, 0) is 4.79 Å². The molecule has 0 bridgehead atoms. The van der Waals surface area contributed by atoms with Gasteiger partial charge in [-0.2, -0.15) is 0 Å². The predicted octanol–water partition coefficient (Wildman–Crippen LogP) is 1.68. The first-order valence-electron chi connectivity index (χ1n) is 5.86. The minimum Gasteiger partial charge on any atom is -0.486 e. The summed E-state index contributed by atoms with van der Waals surface area (Å²) in [5.41, 5.74) is 1.81. The maximum atomic E-state index is 11.0. The number of carboxylic acid groups (broad SMARTS) is 1. The lowest BCUT2D eigenvalue weighted by molar-refractivity contribution is -0.138. The van der Waals surface area contributed by atoms with E-state index in [0.29, 0.717) is 19.0 Å². The van der Waals surface area contributed by atoms with Gasteiger partial charge in [0.1, 0.15) is 19.3 Å². The van der Waals surface area contributed by atoms with Gasteiger partial charge in [-0.15, -0.1) is 0 Å². The SMILES string of the molecule is Cc1cc2c(cc1N(C)C(C)C(=O)O)OCCO2. The van der Waals surface area contributed by atoms with Gasteiger partial charge in [0.2, 0.25) is 0 Å². The highest BCUT2D eigenvalue weighted by molar-refractivity contribution is 5.78. The fourth-order valence-electron chi connectivity index (χ4n) is 1.93. The summed E-state index contributed by atoms with van der Waals surface area (Å²) in [6.45, 7) is 4.65. The number of rotatable bonds is 3. The van der Waals surface area contributed by atoms with Crippen molar-refractivity contribution in [3.8, 4) is 11.5 Å². The Morgan fingerprint density at radius 2 is 1.89 bits per heavy atom. The fourth-order valence-corrected chi connectivity index (χ4v) is 1.93. The molecule has 5 heteroatoms. The maximum absolute atomic E-state index is 11.0. The molecule has 0 aromatic heterocycles. The van der Waals surface area contributed by atoms with E-state index in [9.17, 15) is 4.79 Å². The second-order valence-electron chi connectivity index (χ2n) is 4.41. The third kappa shape index (κ3) is 2.20. The van der Waals surface area contributed by atoms with Crippen molar-refractivity contribution in [2.45, 2.75) is 19.9 Å². The van der Waals surface area contributed by atoms with Crippen LogP contribution in [0.15, 0.2) is 12.1 Å². The zero-order valence-electron chi connectivity index (χ0n) is 10.8. The van der Waals surface area contributed by atoms with Crippen LogP contribution in [0.25, 0.3) is 0 Å². The molecule has 0 saturated carbocycles. The molecule has 1 aliphatic heterocycles. The first kappa shape index (κ1) is 12.5. The molecule has 1 unspecified atom stereocenters. The monoisotopic (exact) mass is 251 g/mol. The zero-order chi connectivity index (χ0) is 13.3. The summed E-state index contributed by atoms with van der Waals surface area (Å²) in [5, 5.41) is 9.05. The van der Waals surface area contributed by atoms with Gasteiger partial charge in [-0.25, -0.2) is 4.79 Å². The van der Waals surface area contributed by atoms with Crippen molar-refractivity contribution in [3.63, 3.8) is 0 Å². The van der Waals surface area contributed by atoms with E-state index in [0.717, 1.165) is 17.0 Å². The molecule has 18 heavy (non-hydrogen) atoms. The van der Waals surface area contributed by atoms with Gasteiger partial charge in [0.05, 0.1) is 0 Å². The molecule has 1 atom stereocenters. The van der Waals surface area contributed by atoms with Crippen molar-refractivity contribution in [2.75, 3.05) is 25.2 Å². The van der Waals surface area contributed by atoms with Gasteiger partial charge >= 0.3 is 5.97 Å². The lowest BCUT2D eigenvalue weighted by Crippen LogP contribution is -2.36. The predicted molar refractivity (Wildman–Crippen MR) is 67.7 cm³/mol. The molecule has 2 rings (SSSR count). The van der Waals surface area contributed by atoms with E-state index in [1.54, 1.807) is 18.9 Å². The van der Waals surface area contributed by atoms with Crippen LogP contribution in [0.1, 0.15) is 12.5 Å². The summed E-state index contributed by atoms with van der Waals surface area (Å²) in [4.78, 5) is 12.7. The molecular weight excluding hydrogens is 234 g/mol. The van der Waals surface area contributed by atoms with Gasteiger partial charge in [-0.3, -0.25) is 0 Å². The minimum absolute atomic E-state index is 0.522. The van der Waals surface area contributed by atoms with Crippen LogP contribution in [0.2, 0.25) is 0 Å². The van der Waals surface area contributed by atoms with Crippen LogP contribution in [0.4, 0.5) is 5.69 Å². The molecule has 1 aromatic rings. The van der Waals surface area contributed by atoms with Crippen molar-refractivity contribution in [3.05, 3.63) is 17.7 Å². The fraction of sp³-hybridized carbons (Fsp3) is 0.462. The van der Waals surface area contributed by atoms with Gasteiger partial charge in [-0.1, -0.05) is 0 Å². The second-order valence-corrected chi connectivity index (χ2v) is 4.41. The number of carboxylic acids is 1. The zero-order valence-corrected chi connectivity index (χ0v) is 10.8. The number of ether oxygens (including phenoxy) is 2. The molecule has 98 valence electrons. The summed E-state index contributed by atoms with van der Waals surface area (Å²) < 4.78 is 11.0. The second kappa shape index (κ2) is 4.76. The highest BCUT2D eigenvalue weighted by Crippen LogP contribution is 2.36. The maximum Gasteiger partial charge on any atom is 0.326 e.